The third-order valence-electron chi connectivity index (χ3n) is 2.42. The van der Waals surface area contributed by atoms with Crippen molar-refractivity contribution in [2.24, 2.45) is 0 Å². The Morgan fingerprint density at radius 2 is 1.44 bits per heavy atom. The van der Waals surface area contributed by atoms with E-state index in [0.717, 1.165) is 0 Å². The van der Waals surface area contributed by atoms with Crippen molar-refractivity contribution in [1.29, 1.82) is 0 Å². The van der Waals surface area contributed by atoms with E-state index in [1.807, 2.05) is 6.08 Å². The summed E-state index contributed by atoms with van der Waals surface area (Å²) in [6.07, 6.45) is 4.32. The Balaban J connectivity index is 0. The second-order valence-corrected chi connectivity index (χ2v) is 4.13. The van der Waals surface area contributed by atoms with Crippen molar-refractivity contribution in [1.82, 2.24) is 0 Å². The van der Waals surface area contributed by atoms with Gasteiger partial charge in [-0.2, -0.15) is 0 Å². The average molecular weight is 264 g/mol. The first kappa shape index (κ1) is 19.9. The second kappa shape index (κ2) is 14.6. The van der Waals surface area contributed by atoms with Gasteiger partial charge in [-0.15, -0.1) is 6.58 Å². The van der Waals surface area contributed by atoms with E-state index in [2.05, 4.69) is 13.5 Å². The molecule has 5 N–H and O–H groups in total. The van der Waals surface area contributed by atoms with Crippen LogP contribution in [0.25, 0.3) is 0 Å². The normalized spacial score (nSPS) is 15.2. The van der Waals surface area contributed by atoms with E-state index < -0.39 is 31.5 Å². The fourth-order valence-electron chi connectivity index (χ4n) is 1.19. The quantitative estimate of drug-likeness (QED) is 0.302. The van der Waals surface area contributed by atoms with E-state index in [0.29, 0.717) is 0 Å². The Labute approximate surface area is 109 Å². The summed E-state index contributed by atoms with van der Waals surface area (Å²) in [7, 11) is 0. The summed E-state index contributed by atoms with van der Waals surface area (Å²) in [5.74, 6) is 0. The first-order chi connectivity index (χ1) is 8.54. The molecule has 0 saturated heterocycles. The van der Waals surface area contributed by atoms with Gasteiger partial charge in [0.05, 0.1) is 13.2 Å². The van der Waals surface area contributed by atoms with Crippen molar-refractivity contribution in [3.05, 3.63) is 12.7 Å². The van der Waals surface area contributed by atoms with Crippen LogP contribution in [0.3, 0.4) is 0 Å². The lowest BCUT2D eigenvalue weighted by atomic mass is 10.1. The van der Waals surface area contributed by atoms with Crippen molar-refractivity contribution >= 4 is 0 Å². The van der Waals surface area contributed by atoms with Gasteiger partial charge >= 0.3 is 0 Å². The van der Waals surface area contributed by atoms with Gasteiger partial charge in [-0.3, -0.25) is 0 Å². The van der Waals surface area contributed by atoms with Crippen LogP contribution >= 0.6 is 0 Å². The smallest absolute Gasteiger partial charge is 0.110 e. The lowest BCUT2D eigenvalue weighted by Crippen LogP contribution is -2.41. The predicted molar refractivity (Wildman–Crippen MR) is 71.1 cm³/mol. The molecule has 18 heavy (non-hydrogen) atoms. The molecule has 0 aliphatic carbocycles. The molecule has 2 unspecified atom stereocenters. The van der Waals surface area contributed by atoms with Crippen LogP contribution in [0.5, 0.6) is 0 Å². The minimum Gasteiger partial charge on any atom is -0.394 e. The van der Waals surface area contributed by atoms with Crippen molar-refractivity contribution in [2.75, 3.05) is 13.2 Å². The molecule has 0 aromatic carbocycles. The Morgan fingerprint density at radius 3 is 1.78 bits per heavy atom. The van der Waals surface area contributed by atoms with Crippen LogP contribution < -0.4 is 0 Å². The van der Waals surface area contributed by atoms with Gasteiger partial charge in [0.25, 0.3) is 0 Å². The van der Waals surface area contributed by atoms with Gasteiger partial charge in [-0.25, -0.2) is 0 Å². The number of rotatable bonds is 9. The van der Waals surface area contributed by atoms with Gasteiger partial charge in [0.15, 0.2) is 0 Å². The van der Waals surface area contributed by atoms with Gasteiger partial charge in [-0.1, -0.05) is 32.3 Å². The molecule has 0 aromatic rings. The molecule has 0 aromatic heterocycles. The monoisotopic (exact) mass is 264 g/mol. The van der Waals surface area contributed by atoms with Gasteiger partial charge in [0.2, 0.25) is 0 Å². The number of hydrogen-bond donors (Lipinski definition) is 5. The number of aliphatic hydroxyl groups is 5. The molecule has 5 heteroatoms. The predicted octanol–water partition coefficient (Wildman–Crippen LogP) is 0.196. The molecular weight excluding hydrogens is 236 g/mol. The van der Waals surface area contributed by atoms with Crippen molar-refractivity contribution in [2.45, 2.75) is 57.3 Å². The van der Waals surface area contributed by atoms with Crippen LogP contribution in [0.2, 0.25) is 0 Å². The molecule has 110 valence electrons. The van der Waals surface area contributed by atoms with Crippen molar-refractivity contribution in [3.63, 3.8) is 0 Å². The second-order valence-electron chi connectivity index (χ2n) is 4.13. The Hall–Kier alpha value is -0.460. The summed E-state index contributed by atoms with van der Waals surface area (Å²) in [6, 6.07) is 0. The maximum Gasteiger partial charge on any atom is 0.110 e. The van der Waals surface area contributed by atoms with Crippen molar-refractivity contribution < 1.29 is 25.5 Å². The standard InChI is InChI=1S/C8H16.C5H12O5/c1-3-5-7-8-6-4-2;6-1-3(8)5(10)4(9)2-7/h3H,1,4-8H2,2H3;3-10H,1-2H2. The molecule has 5 nitrogen and oxygen atoms in total. The lowest BCUT2D eigenvalue weighted by molar-refractivity contribution is -0.0900. The zero-order valence-electron chi connectivity index (χ0n) is 11.2. The summed E-state index contributed by atoms with van der Waals surface area (Å²) in [4.78, 5) is 0. The van der Waals surface area contributed by atoms with Crippen LogP contribution in [-0.2, 0) is 0 Å². The molecule has 0 amide bonds. The molecule has 0 radical (unpaired) electrons. The van der Waals surface area contributed by atoms with Crippen LogP contribution in [-0.4, -0.2) is 57.1 Å². The SMILES string of the molecule is C=CCCCCCC.OCC(O)C(O)C(O)CO. The van der Waals surface area contributed by atoms with Crippen LogP contribution in [0.1, 0.15) is 39.0 Å². The highest BCUT2D eigenvalue weighted by Crippen LogP contribution is 2.01. The molecule has 0 aliphatic rings. The van der Waals surface area contributed by atoms with Crippen LogP contribution in [0.4, 0.5) is 0 Å². The fraction of sp³-hybridized carbons (Fsp3) is 0.846. The third kappa shape index (κ3) is 12.0. The van der Waals surface area contributed by atoms with E-state index in [1.54, 1.807) is 0 Å². The summed E-state index contributed by atoms with van der Waals surface area (Å²) < 4.78 is 0. The molecule has 0 saturated carbocycles. The molecule has 0 fully saturated rings. The molecule has 0 aliphatic heterocycles. The Kier molecular flexibility index (Phi) is 16.1. The number of hydrogen-bond acceptors (Lipinski definition) is 5. The van der Waals surface area contributed by atoms with E-state index in [1.165, 1.54) is 32.1 Å². The average Bonchev–Trinajstić information content (AvgIpc) is 2.41. The Bertz CT molecular complexity index is 165. The maximum absolute atomic E-state index is 8.77. The summed E-state index contributed by atoms with van der Waals surface area (Å²) in [5.41, 5.74) is 0. The molecule has 0 rings (SSSR count). The number of allylic oxidation sites excluding steroid dienone is 1. The molecule has 0 bridgehead atoms. The zero-order chi connectivity index (χ0) is 14.4. The van der Waals surface area contributed by atoms with E-state index >= 15 is 0 Å². The first-order valence-corrected chi connectivity index (χ1v) is 6.41. The van der Waals surface area contributed by atoms with Gasteiger partial charge in [0.1, 0.15) is 18.3 Å². The first-order valence-electron chi connectivity index (χ1n) is 6.41. The van der Waals surface area contributed by atoms with Crippen molar-refractivity contribution in [3.8, 4) is 0 Å². The summed E-state index contributed by atoms with van der Waals surface area (Å²) >= 11 is 0. The topological polar surface area (TPSA) is 101 Å². The fourth-order valence-corrected chi connectivity index (χ4v) is 1.19. The molecule has 2 atom stereocenters. The van der Waals surface area contributed by atoms with Crippen LogP contribution in [0.15, 0.2) is 12.7 Å². The highest BCUT2D eigenvalue weighted by atomic mass is 16.4. The summed E-state index contributed by atoms with van der Waals surface area (Å²) in [5, 5.41) is 42.6. The number of unbranched alkanes of at least 4 members (excludes halogenated alkanes) is 4. The van der Waals surface area contributed by atoms with Gasteiger partial charge in [-0.05, 0) is 12.8 Å². The van der Waals surface area contributed by atoms with Gasteiger partial charge in [0, 0.05) is 0 Å². The lowest BCUT2D eigenvalue weighted by Gasteiger charge is -2.19. The minimum atomic E-state index is -1.49. The number of aliphatic hydroxyl groups excluding tert-OH is 5. The van der Waals surface area contributed by atoms with Crippen LogP contribution in [0, 0.1) is 0 Å². The summed E-state index contributed by atoms with van der Waals surface area (Å²) in [6.45, 7) is 4.61. The van der Waals surface area contributed by atoms with E-state index in [-0.39, 0.29) is 0 Å². The van der Waals surface area contributed by atoms with Gasteiger partial charge < -0.3 is 25.5 Å². The largest absolute Gasteiger partial charge is 0.394 e. The maximum atomic E-state index is 8.77. The minimum absolute atomic E-state index is 0.641. The third-order valence-corrected chi connectivity index (χ3v) is 2.42. The Morgan fingerprint density at radius 1 is 0.944 bits per heavy atom. The zero-order valence-corrected chi connectivity index (χ0v) is 11.2. The molecular formula is C13H28O5. The molecule has 0 heterocycles. The van der Waals surface area contributed by atoms with E-state index in [4.69, 9.17) is 25.5 Å². The molecule has 0 spiro atoms. The highest BCUT2D eigenvalue weighted by Gasteiger charge is 2.22. The highest BCUT2D eigenvalue weighted by molar-refractivity contribution is 4.73. The van der Waals surface area contributed by atoms with E-state index in [9.17, 15) is 0 Å².